The zero-order valence-corrected chi connectivity index (χ0v) is 12.1. The maximum absolute atomic E-state index is 12.1. The van der Waals surface area contributed by atoms with Gasteiger partial charge in [0.1, 0.15) is 0 Å². The molecule has 4 heteroatoms. The smallest absolute Gasteiger partial charge is 0.226 e. The van der Waals surface area contributed by atoms with Crippen molar-refractivity contribution in [2.45, 2.75) is 31.8 Å². The van der Waals surface area contributed by atoms with Crippen LogP contribution in [0.3, 0.4) is 0 Å². The summed E-state index contributed by atoms with van der Waals surface area (Å²) in [6, 6.07) is 7.82. The lowest BCUT2D eigenvalue weighted by Crippen LogP contribution is -2.45. The topological polar surface area (TPSA) is 40.5 Å². The first-order valence-electron chi connectivity index (χ1n) is 6.21. The standard InChI is InChI=1S/C14H18BrNO2/c1-14(18)5-7-16(8-6-14)13(17)10-11-3-2-4-12(15)9-11/h2-4,9,18H,5-8,10H2,1H3. The fourth-order valence-corrected chi connectivity index (χ4v) is 2.62. The highest BCUT2D eigenvalue weighted by Gasteiger charge is 2.29. The summed E-state index contributed by atoms with van der Waals surface area (Å²) in [7, 11) is 0. The number of nitrogens with zero attached hydrogens (tertiary/aromatic N) is 1. The Morgan fingerprint density at radius 3 is 2.72 bits per heavy atom. The van der Waals surface area contributed by atoms with Crippen molar-refractivity contribution in [2.24, 2.45) is 0 Å². The second-order valence-corrected chi connectivity index (χ2v) is 6.10. The zero-order valence-electron chi connectivity index (χ0n) is 10.5. The van der Waals surface area contributed by atoms with Crippen molar-refractivity contribution >= 4 is 21.8 Å². The Labute approximate surface area is 116 Å². The number of piperidine rings is 1. The molecule has 1 amide bonds. The summed E-state index contributed by atoms with van der Waals surface area (Å²) in [6.07, 6.45) is 1.76. The first kappa shape index (κ1) is 13.6. The van der Waals surface area contributed by atoms with E-state index in [1.54, 1.807) is 0 Å². The van der Waals surface area contributed by atoms with Crippen LogP contribution in [-0.4, -0.2) is 34.6 Å². The first-order chi connectivity index (χ1) is 8.46. The predicted octanol–water partition coefficient (Wildman–Crippen LogP) is 2.37. The number of hydrogen-bond donors (Lipinski definition) is 1. The van der Waals surface area contributed by atoms with E-state index in [1.807, 2.05) is 36.1 Å². The molecule has 0 bridgehead atoms. The Morgan fingerprint density at radius 2 is 2.11 bits per heavy atom. The number of aliphatic hydroxyl groups is 1. The molecule has 1 N–H and O–H groups in total. The fraction of sp³-hybridized carbons (Fsp3) is 0.500. The van der Waals surface area contributed by atoms with E-state index in [0.717, 1.165) is 10.0 Å². The van der Waals surface area contributed by atoms with Gasteiger partial charge in [-0.15, -0.1) is 0 Å². The molecule has 98 valence electrons. The lowest BCUT2D eigenvalue weighted by molar-refractivity contribution is -0.134. The molecule has 0 unspecified atom stereocenters. The van der Waals surface area contributed by atoms with E-state index in [0.29, 0.717) is 32.4 Å². The Bertz CT molecular complexity index is 435. The van der Waals surface area contributed by atoms with E-state index >= 15 is 0 Å². The van der Waals surface area contributed by atoms with Gasteiger partial charge in [0.25, 0.3) is 0 Å². The number of halogens is 1. The van der Waals surface area contributed by atoms with E-state index in [-0.39, 0.29) is 5.91 Å². The third-order valence-corrected chi connectivity index (χ3v) is 3.93. The van der Waals surface area contributed by atoms with Gasteiger partial charge in [-0.2, -0.15) is 0 Å². The third-order valence-electron chi connectivity index (χ3n) is 3.44. The van der Waals surface area contributed by atoms with E-state index < -0.39 is 5.60 Å². The van der Waals surface area contributed by atoms with Crippen molar-refractivity contribution in [3.05, 3.63) is 34.3 Å². The van der Waals surface area contributed by atoms with E-state index in [2.05, 4.69) is 15.9 Å². The Kier molecular flexibility index (Phi) is 4.07. The van der Waals surface area contributed by atoms with E-state index in [9.17, 15) is 9.90 Å². The zero-order chi connectivity index (χ0) is 13.2. The minimum atomic E-state index is -0.605. The highest BCUT2D eigenvalue weighted by molar-refractivity contribution is 9.10. The van der Waals surface area contributed by atoms with Crippen LogP contribution in [0.5, 0.6) is 0 Å². The van der Waals surface area contributed by atoms with Gasteiger partial charge in [0.2, 0.25) is 5.91 Å². The Morgan fingerprint density at radius 1 is 1.44 bits per heavy atom. The van der Waals surface area contributed by atoms with Gasteiger partial charge in [-0.1, -0.05) is 28.1 Å². The van der Waals surface area contributed by atoms with Crippen LogP contribution in [0, 0.1) is 0 Å². The van der Waals surface area contributed by atoms with Gasteiger partial charge in [0, 0.05) is 17.6 Å². The molecule has 1 aliphatic rings. The van der Waals surface area contributed by atoms with Crippen LogP contribution < -0.4 is 0 Å². The molecule has 1 aliphatic heterocycles. The summed E-state index contributed by atoms with van der Waals surface area (Å²) >= 11 is 3.41. The van der Waals surface area contributed by atoms with Gasteiger partial charge >= 0.3 is 0 Å². The number of amides is 1. The molecular weight excluding hydrogens is 294 g/mol. The molecular formula is C14H18BrNO2. The molecule has 3 nitrogen and oxygen atoms in total. The first-order valence-corrected chi connectivity index (χ1v) is 7.00. The second kappa shape index (κ2) is 5.41. The van der Waals surface area contributed by atoms with Gasteiger partial charge in [0.05, 0.1) is 12.0 Å². The summed E-state index contributed by atoms with van der Waals surface area (Å²) in [5.41, 5.74) is 0.415. The van der Waals surface area contributed by atoms with Gasteiger partial charge in [-0.05, 0) is 37.5 Å². The molecule has 0 spiro atoms. The quantitative estimate of drug-likeness (QED) is 0.911. The van der Waals surface area contributed by atoms with Gasteiger partial charge in [0.15, 0.2) is 0 Å². The van der Waals surface area contributed by atoms with Crippen molar-refractivity contribution in [1.29, 1.82) is 0 Å². The largest absolute Gasteiger partial charge is 0.390 e. The minimum absolute atomic E-state index is 0.142. The van der Waals surface area contributed by atoms with E-state index in [1.165, 1.54) is 0 Å². The fourth-order valence-electron chi connectivity index (χ4n) is 2.17. The molecule has 0 aliphatic carbocycles. The summed E-state index contributed by atoms with van der Waals surface area (Å²) in [6.45, 7) is 3.14. The average Bonchev–Trinajstić information content (AvgIpc) is 2.28. The second-order valence-electron chi connectivity index (χ2n) is 5.18. The van der Waals surface area contributed by atoms with Crippen LogP contribution >= 0.6 is 15.9 Å². The molecule has 1 aromatic rings. The highest BCUT2D eigenvalue weighted by atomic mass is 79.9. The number of likely N-dealkylation sites (tertiary alicyclic amines) is 1. The number of carbonyl (C=O) groups is 1. The summed E-state index contributed by atoms with van der Waals surface area (Å²) < 4.78 is 0.995. The van der Waals surface area contributed by atoms with Crippen LogP contribution in [0.25, 0.3) is 0 Å². The lowest BCUT2D eigenvalue weighted by atomic mass is 9.93. The number of benzene rings is 1. The maximum atomic E-state index is 12.1. The van der Waals surface area contributed by atoms with Crippen molar-refractivity contribution in [2.75, 3.05) is 13.1 Å². The van der Waals surface area contributed by atoms with Crippen LogP contribution in [0.2, 0.25) is 0 Å². The molecule has 1 aromatic carbocycles. The van der Waals surface area contributed by atoms with Crippen molar-refractivity contribution in [1.82, 2.24) is 4.90 Å². The molecule has 2 rings (SSSR count). The van der Waals surface area contributed by atoms with Gasteiger partial charge in [-0.25, -0.2) is 0 Å². The van der Waals surface area contributed by atoms with Crippen LogP contribution in [0.4, 0.5) is 0 Å². The predicted molar refractivity (Wildman–Crippen MR) is 74.3 cm³/mol. The van der Waals surface area contributed by atoms with Crippen LogP contribution in [-0.2, 0) is 11.2 Å². The van der Waals surface area contributed by atoms with Crippen molar-refractivity contribution in [3.63, 3.8) is 0 Å². The minimum Gasteiger partial charge on any atom is -0.390 e. The number of carbonyl (C=O) groups excluding carboxylic acids is 1. The summed E-state index contributed by atoms with van der Waals surface area (Å²) in [5.74, 6) is 0.142. The Hall–Kier alpha value is -0.870. The SMILES string of the molecule is CC1(O)CCN(C(=O)Cc2cccc(Br)c2)CC1. The molecule has 0 aromatic heterocycles. The Balaban J connectivity index is 1.93. The van der Waals surface area contributed by atoms with Crippen LogP contribution in [0.15, 0.2) is 28.7 Å². The van der Waals surface area contributed by atoms with Crippen molar-refractivity contribution < 1.29 is 9.90 Å². The summed E-state index contributed by atoms with van der Waals surface area (Å²) in [5, 5.41) is 9.86. The molecule has 18 heavy (non-hydrogen) atoms. The molecule has 0 radical (unpaired) electrons. The highest BCUT2D eigenvalue weighted by Crippen LogP contribution is 2.22. The average molecular weight is 312 g/mol. The normalized spacial score (nSPS) is 18.7. The molecule has 0 saturated carbocycles. The number of hydrogen-bond acceptors (Lipinski definition) is 2. The van der Waals surface area contributed by atoms with Gasteiger partial charge < -0.3 is 10.0 Å². The monoisotopic (exact) mass is 311 g/mol. The lowest BCUT2D eigenvalue weighted by Gasteiger charge is -2.35. The van der Waals surface area contributed by atoms with Gasteiger partial charge in [-0.3, -0.25) is 4.79 Å². The van der Waals surface area contributed by atoms with Crippen LogP contribution in [0.1, 0.15) is 25.3 Å². The molecule has 1 heterocycles. The maximum Gasteiger partial charge on any atom is 0.226 e. The summed E-state index contributed by atoms with van der Waals surface area (Å²) in [4.78, 5) is 14.0. The van der Waals surface area contributed by atoms with Crippen molar-refractivity contribution in [3.8, 4) is 0 Å². The third kappa shape index (κ3) is 3.56. The molecule has 1 fully saturated rings. The molecule has 1 saturated heterocycles. The number of rotatable bonds is 2. The molecule has 0 atom stereocenters. The van der Waals surface area contributed by atoms with E-state index in [4.69, 9.17) is 0 Å².